The van der Waals surface area contributed by atoms with E-state index in [1.54, 1.807) is 24.3 Å². The van der Waals surface area contributed by atoms with Crippen LogP contribution in [0.3, 0.4) is 0 Å². The summed E-state index contributed by atoms with van der Waals surface area (Å²) in [5, 5.41) is 12.1. The number of phenols is 1. The van der Waals surface area contributed by atoms with E-state index >= 15 is 0 Å². The molecule has 0 radical (unpaired) electrons. The lowest BCUT2D eigenvalue weighted by Gasteiger charge is -2.10. The summed E-state index contributed by atoms with van der Waals surface area (Å²) >= 11 is 0. The van der Waals surface area contributed by atoms with E-state index in [0.717, 1.165) is 16.8 Å². The highest BCUT2D eigenvalue weighted by Gasteiger charge is 2.48. The molecule has 0 amide bonds. The fraction of sp³-hybridized carbons (Fsp3) is 0.0667. The van der Waals surface area contributed by atoms with Gasteiger partial charge in [0.25, 0.3) is 0 Å². The second kappa shape index (κ2) is 5.02. The van der Waals surface area contributed by atoms with Crippen molar-refractivity contribution in [1.82, 2.24) is 0 Å². The molecule has 0 aliphatic rings. The van der Waals surface area contributed by atoms with Crippen LogP contribution >= 0.6 is 0 Å². The number of fused-ring (bicyclic) bond motifs is 2. The van der Waals surface area contributed by atoms with Crippen LogP contribution in [-0.4, -0.2) is 19.0 Å². The predicted octanol–water partition coefficient (Wildman–Crippen LogP) is 3.93. The van der Waals surface area contributed by atoms with Crippen molar-refractivity contribution >= 4 is 31.7 Å². The molecule has 0 heterocycles. The van der Waals surface area contributed by atoms with Crippen LogP contribution in [0.15, 0.2) is 48.5 Å². The van der Waals surface area contributed by atoms with Crippen LogP contribution < -0.4 is 4.18 Å². The first-order valence-electron chi connectivity index (χ1n) is 6.33. The zero-order valence-corrected chi connectivity index (χ0v) is 12.1. The average Bonchev–Trinajstić information content (AvgIpc) is 2.43. The van der Waals surface area contributed by atoms with Gasteiger partial charge in [0.05, 0.1) is 0 Å². The second-order valence-corrected chi connectivity index (χ2v) is 6.41. The van der Waals surface area contributed by atoms with Crippen LogP contribution in [0.2, 0.25) is 0 Å². The first-order chi connectivity index (χ1) is 10.7. The van der Waals surface area contributed by atoms with Crippen LogP contribution in [0.25, 0.3) is 21.5 Å². The van der Waals surface area contributed by atoms with E-state index in [0.29, 0.717) is 10.8 Å². The first-order valence-corrected chi connectivity index (χ1v) is 7.74. The summed E-state index contributed by atoms with van der Waals surface area (Å²) in [4.78, 5) is 0. The molecule has 0 saturated heterocycles. The summed E-state index contributed by atoms with van der Waals surface area (Å²) in [6.45, 7) is 0. The topological polar surface area (TPSA) is 63.6 Å². The Morgan fingerprint density at radius 3 is 2.00 bits per heavy atom. The Bertz CT molecular complexity index is 1010. The SMILES string of the molecule is O=S(=O)(Oc1ccc2cc3cc(O)ccc3cc2c1)C(F)(F)F. The molecule has 0 saturated carbocycles. The molecule has 3 aromatic rings. The van der Waals surface area contributed by atoms with E-state index in [4.69, 9.17) is 0 Å². The Labute approximate surface area is 128 Å². The molecule has 0 atom stereocenters. The van der Waals surface area contributed by atoms with E-state index in [-0.39, 0.29) is 5.75 Å². The van der Waals surface area contributed by atoms with Gasteiger partial charge in [-0.3, -0.25) is 0 Å². The van der Waals surface area contributed by atoms with Gasteiger partial charge < -0.3 is 9.29 Å². The van der Waals surface area contributed by atoms with Gasteiger partial charge >= 0.3 is 15.6 Å². The van der Waals surface area contributed by atoms with Gasteiger partial charge in [0.2, 0.25) is 0 Å². The quantitative estimate of drug-likeness (QED) is 0.435. The summed E-state index contributed by atoms with van der Waals surface area (Å²) in [6.07, 6.45) is 0. The van der Waals surface area contributed by atoms with Gasteiger partial charge in [-0.2, -0.15) is 21.6 Å². The molecule has 0 aliphatic heterocycles. The smallest absolute Gasteiger partial charge is 0.508 e. The summed E-state index contributed by atoms with van der Waals surface area (Å²) in [6, 6.07) is 11.9. The molecule has 1 N–H and O–H groups in total. The monoisotopic (exact) mass is 342 g/mol. The van der Waals surface area contributed by atoms with Crippen molar-refractivity contribution in [2.75, 3.05) is 0 Å². The number of benzene rings is 3. The largest absolute Gasteiger partial charge is 0.534 e. The van der Waals surface area contributed by atoms with Crippen LogP contribution in [0.4, 0.5) is 13.2 Å². The molecule has 8 heteroatoms. The van der Waals surface area contributed by atoms with E-state index < -0.39 is 21.4 Å². The highest BCUT2D eigenvalue weighted by atomic mass is 32.2. The molecule has 120 valence electrons. The zero-order valence-electron chi connectivity index (χ0n) is 11.3. The summed E-state index contributed by atoms with van der Waals surface area (Å²) in [5.74, 6) is -0.332. The molecule has 0 aromatic heterocycles. The summed E-state index contributed by atoms with van der Waals surface area (Å²) in [7, 11) is -5.70. The van der Waals surface area contributed by atoms with Crippen molar-refractivity contribution in [3.05, 3.63) is 48.5 Å². The molecule has 0 aliphatic carbocycles. The number of phenolic OH excluding ortho intramolecular Hbond substituents is 1. The molecule has 0 fully saturated rings. The minimum atomic E-state index is -5.70. The van der Waals surface area contributed by atoms with E-state index in [1.165, 1.54) is 18.2 Å². The van der Waals surface area contributed by atoms with Crippen LogP contribution in [-0.2, 0) is 10.1 Å². The number of rotatable bonds is 2. The van der Waals surface area contributed by atoms with Crippen molar-refractivity contribution in [1.29, 1.82) is 0 Å². The fourth-order valence-electron chi connectivity index (χ4n) is 2.19. The highest BCUT2D eigenvalue weighted by Crippen LogP contribution is 2.31. The molecular formula is C15H9F3O4S. The standard InChI is InChI=1S/C15H9F3O4S/c16-15(17,18)23(20,21)22-14-4-2-10-5-11-7-13(19)3-1-9(11)6-12(10)8-14/h1-8,19H. The van der Waals surface area contributed by atoms with Crippen molar-refractivity contribution in [2.45, 2.75) is 5.51 Å². The second-order valence-electron chi connectivity index (χ2n) is 4.88. The number of aromatic hydroxyl groups is 1. The van der Waals surface area contributed by atoms with Crippen molar-refractivity contribution in [2.24, 2.45) is 0 Å². The lowest BCUT2D eigenvalue weighted by Crippen LogP contribution is -2.28. The lowest BCUT2D eigenvalue weighted by molar-refractivity contribution is -0.0500. The van der Waals surface area contributed by atoms with Gasteiger partial charge in [0, 0.05) is 0 Å². The number of alkyl halides is 3. The normalized spacial score (nSPS) is 12.7. The van der Waals surface area contributed by atoms with Crippen LogP contribution in [0.1, 0.15) is 0 Å². The van der Waals surface area contributed by atoms with Crippen LogP contribution in [0.5, 0.6) is 11.5 Å². The Balaban J connectivity index is 2.09. The highest BCUT2D eigenvalue weighted by molar-refractivity contribution is 7.88. The van der Waals surface area contributed by atoms with Crippen molar-refractivity contribution < 1.29 is 30.9 Å². The van der Waals surface area contributed by atoms with Crippen molar-refractivity contribution in [3.8, 4) is 11.5 Å². The lowest BCUT2D eigenvalue weighted by atomic mass is 10.0. The predicted molar refractivity (Wildman–Crippen MR) is 78.7 cm³/mol. The van der Waals surface area contributed by atoms with Crippen molar-refractivity contribution in [3.63, 3.8) is 0 Å². The van der Waals surface area contributed by atoms with Gasteiger partial charge in [-0.05, 0) is 57.9 Å². The molecule has 0 bridgehead atoms. The van der Waals surface area contributed by atoms with Gasteiger partial charge in [-0.25, -0.2) is 0 Å². The van der Waals surface area contributed by atoms with E-state index in [2.05, 4.69) is 4.18 Å². The van der Waals surface area contributed by atoms with E-state index in [1.807, 2.05) is 0 Å². The molecule has 0 spiro atoms. The molecule has 3 aromatic carbocycles. The number of halogens is 3. The Morgan fingerprint density at radius 2 is 1.39 bits per heavy atom. The molecule has 0 unspecified atom stereocenters. The zero-order chi connectivity index (χ0) is 16.8. The number of hydrogen-bond acceptors (Lipinski definition) is 4. The molecular weight excluding hydrogens is 333 g/mol. The third kappa shape index (κ3) is 2.89. The Kier molecular flexibility index (Phi) is 3.36. The van der Waals surface area contributed by atoms with Gasteiger partial charge in [-0.1, -0.05) is 12.1 Å². The summed E-state index contributed by atoms with van der Waals surface area (Å²) < 4.78 is 63.2. The van der Waals surface area contributed by atoms with Gasteiger partial charge in [0.15, 0.2) is 0 Å². The number of hydrogen-bond donors (Lipinski definition) is 1. The fourth-order valence-corrected chi connectivity index (χ4v) is 2.64. The molecule has 4 nitrogen and oxygen atoms in total. The first kappa shape index (κ1) is 15.4. The third-order valence-electron chi connectivity index (χ3n) is 3.24. The minimum Gasteiger partial charge on any atom is -0.508 e. The average molecular weight is 342 g/mol. The van der Waals surface area contributed by atoms with Gasteiger partial charge in [0.1, 0.15) is 11.5 Å². The maximum absolute atomic E-state index is 12.3. The third-order valence-corrected chi connectivity index (χ3v) is 4.22. The maximum atomic E-state index is 12.3. The van der Waals surface area contributed by atoms with E-state index in [9.17, 15) is 26.7 Å². The Morgan fingerprint density at radius 1 is 0.826 bits per heavy atom. The maximum Gasteiger partial charge on any atom is 0.534 e. The summed E-state index contributed by atoms with van der Waals surface area (Å²) in [5.41, 5.74) is -5.48. The minimum absolute atomic E-state index is 0.0908. The molecule has 23 heavy (non-hydrogen) atoms. The van der Waals surface area contributed by atoms with Gasteiger partial charge in [-0.15, -0.1) is 0 Å². The molecule has 3 rings (SSSR count). The van der Waals surface area contributed by atoms with Crippen LogP contribution in [0, 0.1) is 0 Å². The Hall–Kier alpha value is -2.48.